The molecule has 1 fully saturated rings. The van der Waals surface area contributed by atoms with Gasteiger partial charge in [-0.3, -0.25) is 14.5 Å². The maximum absolute atomic E-state index is 12.9. The molecular weight excluding hydrogens is 535 g/mol. The lowest BCUT2D eigenvalue weighted by molar-refractivity contribution is 0.0496. The summed E-state index contributed by atoms with van der Waals surface area (Å²) >= 11 is 0. The van der Waals surface area contributed by atoms with E-state index in [1.54, 1.807) is 0 Å². The highest BCUT2D eigenvalue weighted by Gasteiger charge is 2.35. The Balaban J connectivity index is 0.00000253. The Hall–Kier alpha value is -2.69. The number of aliphatic hydroxyl groups is 1. The molecule has 208 valence electrons. The van der Waals surface area contributed by atoms with E-state index in [4.69, 9.17) is 9.84 Å². The van der Waals surface area contributed by atoms with Gasteiger partial charge in [-0.15, -0.1) is 24.8 Å². The van der Waals surface area contributed by atoms with E-state index in [0.717, 1.165) is 64.6 Å². The Morgan fingerprint density at radius 1 is 0.789 bits per heavy atom. The molecule has 0 amide bonds. The minimum absolute atomic E-state index is 0. The fraction of sp³-hybridized carbons (Fsp3) is 0.444. The van der Waals surface area contributed by atoms with Crippen LogP contribution in [0.4, 0.5) is 0 Å². The van der Waals surface area contributed by atoms with Gasteiger partial charge in [-0.2, -0.15) is 0 Å². The summed E-state index contributed by atoms with van der Waals surface area (Å²) in [5.41, 5.74) is -0.423. The molecule has 3 N–H and O–H groups in total. The van der Waals surface area contributed by atoms with Crippen LogP contribution in [0, 0.1) is 0 Å². The fourth-order valence-electron chi connectivity index (χ4n) is 4.82. The first-order valence-electron chi connectivity index (χ1n) is 12.4. The molecule has 2 aromatic rings. The van der Waals surface area contributed by atoms with Crippen molar-refractivity contribution in [1.82, 2.24) is 9.80 Å². The van der Waals surface area contributed by atoms with E-state index in [2.05, 4.69) is 9.80 Å². The van der Waals surface area contributed by atoms with Crippen molar-refractivity contribution in [1.29, 1.82) is 0 Å². The van der Waals surface area contributed by atoms with Gasteiger partial charge >= 0.3 is 5.97 Å². The second kappa shape index (κ2) is 14.5. The molecule has 0 bridgehead atoms. The Labute approximate surface area is 234 Å². The summed E-state index contributed by atoms with van der Waals surface area (Å²) in [6.45, 7) is 6.22. The molecule has 38 heavy (non-hydrogen) atoms. The van der Waals surface area contributed by atoms with Gasteiger partial charge in [0.05, 0.1) is 29.9 Å². The number of ether oxygens (including phenoxy) is 1. The predicted octanol–water partition coefficient (Wildman–Crippen LogP) is 3.04. The van der Waals surface area contributed by atoms with Gasteiger partial charge in [-0.1, -0.05) is 25.0 Å². The topological polar surface area (TPSA) is 128 Å². The van der Waals surface area contributed by atoms with Crippen LogP contribution in [-0.2, 0) is 4.74 Å². The largest absolute Gasteiger partial charge is 0.507 e. The Morgan fingerprint density at radius 2 is 1.42 bits per heavy atom. The lowest BCUT2D eigenvalue weighted by Gasteiger charge is -2.34. The van der Waals surface area contributed by atoms with Crippen LogP contribution >= 0.6 is 24.8 Å². The number of carbonyl (C=O) groups excluding carboxylic acids is 3. The summed E-state index contributed by atoms with van der Waals surface area (Å²) < 4.78 is 5.33. The number of aromatic hydroxyl groups is 2. The van der Waals surface area contributed by atoms with Crippen LogP contribution in [0.15, 0.2) is 30.3 Å². The zero-order chi connectivity index (χ0) is 25.7. The van der Waals surface area contributed by atoms with Crippen molar-refractivity contribution >= 4 is 42.3 Å². The zero-order valence-corrected chi connectivity index (χ0v) is 22.7. The summed E-state index contributed by atoms with van der Waals surface area (Å²) in [6.07, 6.45) is 3.72. The average molecular weight is 569 g/mol. The van der Waals surface area contributed by atoms with E-state index in [1.807, 2.05) is 0 Å². The van der Waals surface area contributed by atoms with Crippen molar-refractivity contribution in [3.63, 3.8) is 0 Å². The highest BCUT2D eigenvalue weighted by Crippen LogP contribution is 2.37. The van der Waals surface area contributed by atoms with Crippen LogP contribution in [-0.4, -0.2) is 95.1 Å². The molecule has 1 saturated heterocycles. The molecule has 4 rings (SSSR count). The van der Waals surface area contributed by atoms with E-state index in [1.165, 1.54) is 24.3 Å². The SMILES string of the molecule is Cl.Cl.O=C(OCCCCCCN1CCN(CCO)CC1)c1cc(O)c2c(c1)C(=O)c1cccc(O)c1C2=O. The number of aliphatic hydroxyl groups excluding tert-OH is 1. The Bertz CT molecular complexity index is 1150. The smallest absolute Gasteiger partial charge is 0.338 e. The minimum Gasteiger partial charge on any atom is -0.507 e. The van der Waals surface area contributed by atoms with Gasteiger partial charge in [0.15, 0.2) is 5.78 Å². The molecule has 0 atom stereocenters. The first kappa shape index (κ1) is 31.5. The van der Waals surface area contributed by atoms with Crippen LogP contribution in [0.1, 0.15) is 67.9 Å². The van der Waals surface area contributed by atoms with Crippen LogP contribution in [0.25, 0.3) is 0 Å². The second-order valence-electron chi connectivity index (χ2n) is 9.23. The lowest BCUT2D eigenvalue weighted by atomic mass is 9.82. The Morgan fingerprint density at radius 3 is 2.11 bits per heavy atom. The number of phenols is 2. The number of nitrogens with zero attached hydrogens (tertiary/aromatic N) is 2. The fourth-order valence-corrected chi connectivity index (χ4v) is 4.82. The Kier molecular flexibility index (Phi) is 12.0. The second-order valence-corrected chi connectivity index (χ2v) is 9.23. The summed E-state index contributed by atoms with van der Waals surface area (Å²) in [4.78, 5) is 43.0. The van der Waals surface area contributed by atoms with Crippen LogP contribution in [0.2, 0.25) is 0 Å². The number of hydrogen-bond donors (Lipinski definition) is 3. The highest BCUT2D eigenvalue weighted by molar-refractivity contribution is 6.30. The number of ketones is 2. The quantitative estimate of drug-likeness (QED) is 0.249. The standard InChI is InChI=1S/C27H32N2O7.2ClH/c30-14-13-29-11-9-28(10-12-29)8-3-1-2-4-15-36-27(35)18-16-20-24(22(32)17-18)26(34)23-19(25(20)33)6-5-7-21(23)31;;/h5-7,16-17,30-32H,1-4,8-15H2;2*1H. The number of β-amino-alcohol motifs (C(OH)–C–C–N with tert-alkyl or cyclic N) is 1. The number of phenolic OH excluding ortho intramolecular Hbond substituents is 2. The van der Waals surface area contributed by atoms with Gasteiger partial charge in [0.2, 0.25) is 5.78 Å². The third-order valence-electron chi connectivity index (χ3n) is 6.82. The molecule has 2 aromatic carbocycles. The number of halogens is 2. The van der Waals surface area contributed by atoms with E-state index >= 15 is 0 Å². The predicted molar refractivity (Wildman–Crippen MR) is 146 cm³/mol. The molecule has 0 saturated carbocycles. The maximum atomic E-state index is 12.9. The molecule has 9 nitrogen and oxygen atoms in total. The molecule has 0 radical (unpaired) electrons. The van der Waals surface area contributed by atoms with Crippen molar-refractivity contribution in [3.8, 4) is 11.5 Å². The van der Waals surface area contributed by atoms with Gasteiger partial charge in [-0.25, -0.2) is 4.79 Å². The third kappa shape index (κ3) is 7.03. The molecule has 1 aliphatic heterocycles. The van der Waals surface area contributed by atoms with Crippen molar-refractivity contribution in [3.05, 3.63) is 58.1 Å². The lowest BCUT2D eigenvalue weighted by Crippen LogP contribution is -2.47. The first-order chi connectivity index (χ1) is 17.4. The summed E-state index contributed by atoms with van der Waals surface area (Å²) in [6, 6.07) is 6.58. The summed E-state index contributed by atoms with van der Waals surface area (Å²) in [5, 5.41) is 29.5. The first-order valence-corrected chi connectivity index (χ1v) is 12.4. The van der Waals surface area contributed by atoms with E-state index in [-0.39, 0.29) is 71.6 Å². The van der Waals surface area contributed by atoms with Crippen LogP contribution in [0.3, 0.4) is 0 Å². The normalized spacial score (nSPS) is 15.2. The third-order valence-corrected chi connectivity index (χ3v) is 6.82. The number of hydrogen-bond acceptors (Lipinski definition) is 9. The number of esters is 1. The summed E-state index contributed by atoms with van der Waals surface area (Å²) in [5.74, 6) is -2.71. The monoisotopic (exact) mass is 568 g/mol. The molecular formula is C27H34Cl2N2O7. The number of carbonyl (C=O) groups is 3. The van der Waals surface area contributed by atoms with Crippen LogP contribution < -0.4 is 0 Å². The molecule has 1 heterocycles. The van der Waals surface area contributed by atoms with Crippen LogP contribution in [0.5, 0.6) is 11.5 Å². The van der Waals surface area contributed by atoms with Crippen molar-refractivity contribution in [2.24, 2.45) is 0 Å². The number of rotatable bonds is 10. The van der Waals surface area contributed by atoms with Crippen molar-refractivity contribution in [2.45, 2.75) is 25.7 Å². The van der Waals surface area contributed by atoms with E-state index in [9.17, 15) is 24.6 Å². The van der Waals surface area contributed by atoms with E-state index in [0.29, 0.717) is 6.42 Å². The van der Waals surface area contributed by atoms with Gasteiger partial charge < -0.3 is 25.0 Å². The molecule has 1 aliphatic carbocycles. The van der Waals surface area contributed by atoms with Gasteiger partial charge in [0.1, 0.15) is 11.5 Å². The minimum atomic E-state index is -0.671. The number of fused-ring (bicyclic) bond motifs is 2. The maximum Gasteiger partial charge on any atom is 0.338 e. The van der Waals surface area contributed by atoms with Gasteiger partial charge in [-0.05, 0) is 37.6 Å². The molecule has 0 unspecified atom stereocenters. The average Bonchev–Trinajstić information content (AvgIpc) is 2.87. The molecule has 2 aliphatic rings. The molecule has 0 aromatic heterocycles. The summed E-state index contributed by atoms with van der Waals surface area (Å²) in [7, 11) is 0. The van der Waals surface area contributed by atoms with E-state index < -0.39 is 23.3 Å². The zero-order valence-electron chi connectivity index (χ0n) is 21.1. The van der Waals surface area contributed by atoms with Gasteiger partial charge in [0.25, 0.3) is 0 Å². The number of piperazine rings is 1. The molecule has 0 spiro atoms. The van der Waals surface area contributed by atoms with Crippen molar-refractivity contribution < 1.29 is 34.4 Å². The van der Waals surface area contributed by atoms with Crippen molar-refractivity contribution in [2.75, 3.05) is 52.5 Å². The number of unbranched alkanes of at least 4 members (excludes halogenated alkanes) is 3. The highest BCUT2D eigenvalue weighted by atomic mass is 35.5. The number of benzene rings is 2. The molecule has 11 heteroatoms. The van der Waals surface area contributed by atoms with Gasteiger partial charge in [0, 0.05) is 43.9 Å².